The summed E-state index contributed by atoms with van der Waals surface area (Å²) in [7, 11) is 1.53. The summed E-state index contributed by atoms with van der Waals surface area (Å²) in [6.45, 7) is -0.373. The molecule has 0 saturated carbocycles. The van der Waals surface area contributed by atoms with Gasteiger partial charge in [0.05, 0.1) is 6.54 Å². The molecule has 0 fully saturated rings. The Labute approximate surface area is 119 Å². The van der Waals surface area contributed by atoms with Gasteiger partial charge >= 0.3 is 5.69 Å². The molecule has 21 heavy (non-hydrogen) atoms. The van der Waals surface area contributed by atoms with Crippen LogP contribution in [0.3, 0.4) is 0 Å². The van der Waals surface area contributed by atoms with E-state index in [1.54, 1.807) is 6.07 Å². The number of nitrogens with zero attached hydrogens (tertiary/aromatic N) is 2. The molecule has 5 nitrogen and oxygen atoms in total. The average molecular weight is 288 g/mol. The molecule has 0 radical (unpaired) electrons. The third-order valence-corrected chi connectivity index (χ3v) is 2.85. The third kappa shape index (κ3) is 3.46. The standard InChI is InChI=1S/C15H13FN2O3/c1-17-5-4-14(20)18(15(17)21)10-12-7-11(3-2-6-19)8-13(16)9-12/h4-5,7-9,19H,6,10H2,1H3. The summed E-state index contributed by atoms with van der Waals surface area (Å²) in [4.78, 5) is 23.6. The Kier molecular flexibility index (Phi) is 4.36. The van der Waals surface area contributed by atoms with Crippen molar-refractivity contribution in [2.75, 3.05) is 6.61 Å². The van der Waals surface area contributed by atoms with Crippen molar-refractivity contribution >= 4 is 0 Å². The van der Waals surface area contributed by atoms with Gasteiger partial charge in [-0.2, -0.15) is 0 Å². The lowest BCUT2D eigenvalue weighted by molar-refractivity contribution is 0.350. The number of benzene rings is 1. The van der Waals surface area contributed by atoms with Crippen LogP contribution in [0.15, 0.2) is 40.1 Å². The van der Waals surface area contributed by atoms with Gasteiger partial charge in [0.1, 0.15) is 12.4 Å². The first kappa shape index (κ1) is 14.8. The second kappa shape index (κ2) is 6.20. The van der Waals surface area contributed by atoms with E-state index in [4.69, 9.17) is 5.11 Å². The lowest BCUT2D eigenvalue weighted by atomic mass is 10.1. The molecule has 0 aliphatic heterocycles. The highest BCUT2D eigenvalue weighted by Gasteiger charge is 2.06. The van der Waals surface area contributed by atoms with Crippen molar-refractivity contribution in [1.82, 2.24) is 9.13 Å². The van der Waals surface area contributed by atoms with Gasteiger partial charge in [-0.25, -0.2) is 9.18 Å². The Hall–Kier alpha value is -2.65. The minimum atomic E-state index is -0.518. The molecule has 1 heterocycles. The molecular formula is C15H13FN2O3. The maximum absolute atomic E-state index is 13.5. The van der Waals surface area contributed by atoms with Crippen LogP contribution in [-0.2, 0) is 13.6 Å². The minimum Gasteiger partial charge on any atom is -0.384 e. The second-order valence-electron chi connectivity index (χ2n) is 4.44. The summed E-state index contributed by atoms with van der Waals surface area (Å²) in [5.41, 5.74) is -0.109. The summed E-state index contributed by atoms with van der Waals surface area (Å²) in [5, 5.41) is 8.65. The maximum Gasteiger partial charge on any atom is 0.331 e. The van der Waals surface area contributed by atoms with Gasteiger partial charge < -0.3 is 9.67 Å². The number of halogens is 1. The molecule has 2 aromatic rings. The summed E-state index contributed by atoms with van der Waals surface area (Å²) in [5.74, 6) is 4.49. The first-order chi connectivity index (χ1) is 10.0. The fraction of sp³-hybridized carbons (Fsp3) is 0.200. The molecule has 2 rings (SSSR count). The number of hydrogen-bond acceptors (Lipinski definition) is 3. The van der Waals surface area contributed by atoms with E-state index in [-0.39, 0.29) is 13.2 Å². The van der Waals surface area contributed by atoms with Crippen molar-refractivity contribution in [3.8, 4) is 11.8 Å². The van der Waals surface area contributed by atoms with Crippen LogP contribution in [0.25, 0.3) is 0 Å². The highest BCUT2D eigenvalue weighted by atomic mass is 19.1. The Bertz CT molecular complexity index is 840. The molecule has 1 aromatic heterocycles. The zero-order chi connectivity index (χ0) is 15.4. The van der Waals surface area contributed by atoms with Gasteiger partial charge in [-0.1, -0.05) is 11.8 Å². The molecule has 108 valence electrons. The summed E-state index contributed by atoms with van der Waals surface area (Å²) < 4.78 is 15.8. The maximum atomic E-state index is 13.5. The molecule has 0 aliphatic rings. The number of aryl methyl sites for hydroxylation is 1. The van der Waals surface area contributed by atoms with Crippen molar-refractivity contribution in [2.45, 2.75) is 6.54 Å². The van der Waals surface area contributed by atoms with E-state index in [0.29, 0.717) is 11.1 Å². The molecule has 0 atom stereocenters. The number of rotatable bonds is 2. The van der Waals surface area contributed by atoms with Gasteiger partial charge in [0.15, 0.2) is 0 Å². The molecule has 0 aliphatic carbocycles. The van der Waals surface area contributed by atoms with E-state index in [2.05, 4.69) is 11.8 Å². The van der Waals surface area contributed by atoms with Crippen LogP contribution < -0.4 is 11.2 Å². The topological polar surface area (TPSA) is 64.2 Å². The molecule has 6 heteroatoms. The number of hydrogen-bond donors (Lipinski definition) is 1. The van der Waals surface area contributed by atoms with Gasteiger partial charge in [0.25, 0.3) is 5.56 Å². The molecule has 0 spiro atoms. The van der Waals surface area contributed by atoms with E-state index < -0.39 is 17.1 Å². The van der Waals surface area contributed by atoms with Gasteiger partial charge in [-0.3, -0.25) is 9.36 Å². The van der Waals surface area contributed by atoms with Crippen LogP contribution in [0.5, 0.6) is 0 Å². The van der Waals surface area contributed by atoms with Crippen LogP contribution in [0.1, 0.15) is 11.1 Å². The second-order valence-corrected chi connectivity index (χ2v) is 4.44. The predicted molar refractivity (Wildman–Crippen MR) is 75.4 cm³/mol. The highest BCUT2D eigenvalue weighted by molar-refractivity contribution is 5.38. The Morgan fingerprint density at radius 2 is 2.05 bits per heavy atom. The molecule has 0 unspecified atom stereocenters. The van der Waals surface area contributed by atoms with Crippen LogP contribution >= 0.6 is 0 Å². The van der Waals surface area contributed by atoms with E-state index in [9.17, 15) is 14.0 Å². The van der Waals surface area contributed by atoms with Crippen molar-refractivity contribution in [3.05, 3.63) is 68.2 Å². The quantitative estimate of drug-likeness (QED) is 0.796. The molecule has 0 amide bonds. The number of aliphatic hydroxyl groups excluding tert-OH is 1. The largest absolute Gasteiger partial charge is 0.384 e. The summed E-state index contributed by atoms with van der Waals surface area (Å²) in [6.07, 6.45) is 1.38. The summed E-state index contributed by atoms with van der Waals surface area (Å²) >= 11 is 0. The monoisotopic (exact) mass is 288 g/mol. The Morgan fingerprint density at radius 1 is 1.29 bits per heavy atom. The highest BCUT2D eigenvalue weighted by Crippen LogP contribution is 2.09. The van der Waals surface area contributed by atoms with Gasteiger partial charge in [0, 0.05) is 24.9 Å². The summed E-state index contributed by atoms with van der Waals surface area (Å²) in [6, 6.07) is 5.30. The Morgan fingerprint density at radius 3 is 2.76 bits per heavy atom. The van der Waals surface area contributed by atoms with Gasteiger partial charge in [-0.15, -0.1) is 0 Å². The molecule has 1 N–H and O–H groups in total. The average Bonchev–Trinajstić information content (AvgIpc) is 2.45. The third-order valence-electron chi connectivity index (χ3n) is 2.85. The SMILES string of the molecule is Cn1ccc(=O)n(Cc2cc(F)cc(C#CCO)c2)c1=O. The van der Waals surface area contributed by atoms with Gasteiger partial charge in [-0.05, 0) is 23.8 Å². The van der Waals surface area contributed by atoms with Crippen LogP contribution in [0.2, 0.25) is 0 Å². The first-order valence-electron chi connectivity index (χ1n) is 6.17. The number of aliphatic hydroxyl groups is 1. The van der Waals surface area contributed by atoms with Crippen molar-refractivity contribution in [2.24, 2.45) is 7.05 Å². The Balaban J connectivity index is 2.45. The van der Waals surface area contributed by atoms with E-state index in [1.807, 2.05) is 0 Å². The van der Waals surface area contributed by atoms with Crippen LogP contribution in [0, 0.1) is 17.7 Å². The fourth-order valence-electron chi connectivity index (χ4n) is 1.90. The zero-order valence-electron chi connectivity index (χ0n) is 11.3. The van der Waals surface area contributed by atoms with Crippen LogP contribution in [-0.4, -0.2) is 20.8 Å². The molecule has 0 bridgehead atoms. The van der Waals surface area contributed by atoms with Crippen molar-refractivity contribution < 1.29 is 9.50 Å². The van der Waals surface area contributed by atoms with Crippen molar-refractivity contribution in [3.63, 3.8) is 0 Å². The fourth-order valence-corrected chi connectivity index (χ4v) is 1.90. The number of aromatic nitrogens is 2. The normalized spacial score (nSPS) is 10.0. The van der Waals surface area contributed by atoms with Crippen molar-refractivity contribution in [1.29, 1.82) is 0 Å². The molecule has 1 aromatic carbocycles. The lowest BCUT2D eigenvalue weighted by Crippen LogP contribution is -2.38. The van der Waals surface area contributed by atoms with E-state index in [1.165, 1.54) is 36.0 Å². The van der Waals surface area contributed by atoms with E-state index in [0.717, 1.165) is 4.57 Å². The lowest BCUT2D eigenvalue weighted by Gasteiger charge is -2.07. The van der Waals surface area contributed by atoms with Gasteiger partial charge in [0.2, 0.25) is 0 Å². The smallest absolute Gasteiger partial charge is 0.331 e. The predicted octanol–water partition coefficient (Wildman–Crippen LogP) is 0.0782. The van der Waals surface area contributed by atoms with E-state index >= 15 is 0 Å². The zero-order valence-corrected chi connectivity index (χ0v) is 11.3. The minimum absolute atomic E-state index is 0.0437. The van der Waals surface area contributed by atoms with Crippen LogP contribution in [0.4, 0.5) is 4.39 Å². The first-order valence-corrected chi connectivity index (χ1v) is 6.17. The molecule has 0 saturated heterocycles. The molecular weight excluding hydrogens is 275 g/mol.